The quantitative estimate of drug-likeness (QED) is 0.679. The highest BCUT2D eigenvalue weighted by Gasteiger charge is 2.12. The molecule has 6 heteroatoms. The molecule has 0 aliphatic heterocycles. The standard InChI is InChI=1S/C12H20N2O3S/c1-2-17-8-7-14-18(15,16)10-12-6-4-3-5-11(12)9-13/h3-6,14H,2,7-10,13H2,1H3. The summed E-state index contributed by atoms with van der Waals surface area (Å²) in [6.07, 6.45) is 0. The van der Waals surface area contributed by atoms with Crippen LogP contribution in [0.3, 0.4) is 0 Å². The van der Waals surface area contributed by atoms with Crippen molar-refractivity contribution < 1.29 is 13.2 Å². The molecule has 5 nitrogen and oxygen atoms in total. The Balaban J connectivity index is 2.59. The fourth-order valence-corrected chi connectivity index (χ4v) is 2.75. The monoisotopic (exact) mass is 272 g/mol. The summed E-state index contributed by atoms with van der Waals surface area (Å²) in [6.45, 7) is 3.46. The van der Waals surface area contributed by atoms with E-state index in [0.717, 1.165) is 11.1 Å². The molecule has 0 aromatic heterocycles. The van der Waals surface area contributed by atoms with E-state index < -0.39 is 10.0 Å². The molecule has 102 valence electrons. The first-order valence-electron chi connectivity index (χ1n) is 5.91. The Bertz CT molecular complexity index is 460. The predicted octanol–water partition coefficient (Wildman–Crippen LogP) is 0.601. The second-order valence-electron chi connectivity index (χ2n) is 3.82. The van der Waals surface area contributed by atoms with Crippen LogP contribution in [0, 0.1) is 0 Å². The number of nitrogens with two attached hydrogens (primary N) is 1. The number of rotatable bonds is 8. The molecule has 3 N–H and O–H groups in total. The summed E-state index contributed by atoms with van der Waals surface area (Å²) in [5.74, 6) is -0.0491. The molecular weight excluding hydrogens is 252 g/mol. The molecule has 0 aliphatic rings. The van der Waals surface area contributed by atoms with Gasteiger partial charge < -0.3 is 10.5 Å². The summed E-state index contributed by atoms with van der Waals surface area (Å²) in [5, 5.41) is 0. The van der Waals surface area contributed by atoms with E-state index in [1.165, 1.54) is 0 Å². The molecule has 0 radical (unpaired) electrons. The number of ether oxygens (including phenoxy) is 1. The molecule has 0 aliphatic carbocycles. The Kier molecular flexibility index (Phi) is 6.28. The molecule has 0 saturated carbocycles. The SMILES string of the molecule is CCOCCNS(=O)(=O)Cc1ccccc1CN. The molecular formula is C12H20N2O3S. The van der Waals surface area contributed by atoms with Crippen LogP contribution in [0.25, 0.3) is 0 Å². The van der Waals surface area contributed by atoms with Crippen LogP contribution in [0.2, 0.25) is 0 Å². The molecule has 1 aromatic rings. The molecule has 18 heavy (non-hydrogen) atoms. The van der Waals surface area contributed by atoms with Gasteiger partial charge in [0.25, 0.3) is 0 Å². The number of sulfonamides is 1. The molecule has 0 unspecified atom stereocenters. The second-order valence-corrected chi connectivity index (χ2v) is 5.63. The van der Waals surface area contributed by atoms with E-state index in [9.17, 15) is 8.42 Å². The molecule has 1 aromatic carbocycles. The van der Waals surface area contributed by atoms with Crippen molar-refractivity contribution in [2.24, 2.45) is 5.73 Å². The minimum atomic E-state index is -3.33. The molecule has 0 bridgehead atoms. The summed E-state index contributed by atoms with van der Waals surface area (Å²) in [4.78, 5) is 0. The van der Waals surface area contributed by atoms with Gasteiger partial charge in [-0.2, -0.15) is 0 Å². The van der Waals surface area contributed by atoms with E-state index in [4.69, 9.17) is 10.5 Å². The van der Waals surface area contributed by atoms with Crippen LogP contribution in [-0.4, -0.2) is 28.2 Å². The van der Waals surface area contributed by atoms with Crippen LogP contribution in [0.5, 0.6) is 0 Å². The maximum atomic E-state index is 11.8. The Morgan fingerprint density at radius 2 is 1.94 bits per heavy atom. The lowest BCUT2D eigenvalue weighted by molar-refractivity contribution is 0.153. The van der Waals surface area contributed by atoms with Gasteiger partial charge in [-0.1, -0.05) is 24.3 Å². The van der Waals surface area contributed by atoms with Gasteiger partial charge in [0.1, 0.15) is 0 Å². The third-order valence-corrected chi connectivity index (χ3v) is 3.79. The molecule has 0 atom stereocenters. The van der Waals surface area contributed by atoms with Crippen molar-refractivity contribution in [3.05, 3.63) is 35.4 Å². The fourth-order valence-electron chi connectivity index (χ4n) is 1.57. The minimum Gasteiger partial charge on any atom is -0.380 e. The topological polar surface area (TPSA) is 81.4 Å². The van der Waals surface area contributed by atoms with E-state index in [1.807, 2.05) is 25.1 Å². The van der Waals surface area contributed by atoms with Crippen LogP contribution in [0.4, 0.5) is 0 Å². The third-order valence-electron chi connectivity index (χ3n) is 2.46. The van der Waals surface area contributed by atoms with Crippen molar-refractivity contribution in [1.29, 1.82) is 0 Å². The molecule has 0 amide bonds. The lowest BCUT2D eigenvalue weighted by Gasteiger charge is -2.09. The van der Waals surface area contributed by atoms with Gasteiger partial charge in [0, 0.05) is 19.7 Å². The van der Waals surface area contributed by atoms with Gasteiger partial charge in [-0.15, -0.1) is 0 Å². The van der Waals surface area contributed by atoms with Crippen molar-refractivity contribution in [3.8, 4) is 0 Å². The smallest absolute Gasteiger partial charge is 0.215 e. The zero-order valence-electron chi connectivity index (χ0n) is 10.6. The second kappa shape index (κ2) is 7.48. The van der Waals surface area contributed by atoms with E-state index in [1.54, 1.807) is 6.07 Å². The van der Waals surface area contributed by atoms with Crippen molar-refractivity contribution in [2.45, 2.75) is 19.2 Å². The minimum absolute atomic E-state index is 0.0491. The number of hydrogen-bond acceptors (Lipinski definition) is 4. The van der Waals surface area contributed by atoms with Gasteiger partial charge >= 0.3 is 0 Å². The Hall–Kier alpha value is -0.950. The van der Waals surface area contributed by atoms with Crippen molar-refractivity contribution in [3.63, 3.8) is 0 Å². The molecule has 1 rings (SSSR count). The zero-order chi connectivity index (χ0) is 13.4. The van der Waals surface area contributed by atoms with Crippen LogP contribution in [0.15, 0.2) is 24.3 Å². The van der Waals surface area contributed by atoms with E-state index in [-0.39, 0.29) is 5.75 Å². The predicted molar refractivity (Wildman–Crippen MR) is 71.5 cm³/mol. The van der Waals surface area contributed by atoms with E-state index in [2.05, 4.69) is 4.72 Å². The molecule has 0 spiro atoms. The van der Waals surface area contributed by atoms with Gasteiger partial charge in [-0.25, -0.2) is 13.1 Å². The number of benzene rings is 1. The van der Waals surface area contributed by atoms with Crippen molar-refractivity contribution >= 4 is 10.0 Å². The van der Waals surface area contributed by atoms with Gasteiger partial charge in [0.05, 0.1) is 12.4 Å². The summed E-state index contributed by atoms with van der Waals surface area (Å²) in [6, 6.07) is 7.28. The average molecular weight is 272 g/mol. The summed E-state index contributed by atoms with van der Waals surface area (Å²) in [5.41, 5.74) is 7.17. The van der Waals surface area contributed by atoms with Crippen LogP contribution < -0.4 is 10.5 Å². The highest BCUT2D eigenvalue weighted by molar-refractivity contribution is 7.88. The van der Waals surface area contributed by atoms with Crippen LogP contribution >= 0.6 is 0 Å². The molecule has 0 fully saturated rings. The molecule has 0 heterocycles. The molecule has 0 saturated heterocycles. The van der Waals surface area contributed by atoms with Crippen LogP contribution in [-0.2, 0) is 27.1 Å². The fraction of sp³-hybridized carbons (Fsp3) is 0.500. The van der Waals surface area contributed by atoms with Crippen molar-refractivity contribution in [1.82, 2.24) is 4.72 Å². The maximum Gasteiger partial charge on any atom is 0.215 e. The lowest BCUT2D eigenvalue weighted by atomic mass is 10.1. The third kappa shape index (κ3) is 5.14. The van der Waals surface area contributed by atoms with Crippen LogP contribution in [0.1, 0.15) is 18.1 Å². The van der Waals surface area contributed by atoms with Gasteiger partial charge in [-0.3, -0.25) is 0 Å². The largest absolute Gasteiger partial charge is 0.380 e. The number of hydrogen-bond donors (Lipinski definition) is 2. The highest BCUT2D eigenvalue weighted by Crippen LogP contribution is 2.11. The van der Waals surface area contributed by atoms with Gasteiger partial charge in [0.2, 0.25) is 10.0 Å². The number of nitrogens with one attached hydrogen (secondary N) is 1. The highest BCUT2D eigenvalue weighted by atomic mass is 32.2. The Morgan fingerprint density at radius 3 is 2.56 bits per heavy atom. The summed E-state index contributed by atoms with van der Waals surface area (Å²) < 4.78 is 31.2. The Morgan fingerprint density at radius 1 is 1.28 bits per heavy atom. The lowest BCUT2D eigenvalue weighted by Crippen LogP contribution is -2.29. The first-order chi connectivity index (χ1) is 8.59. The zero-order valence-corrected chi connectivity index (χ0v) is 11.4. The maximum absolute atomic E-state index is 11.8. The Labute approximate surface area is 108 Å². The van der Waals surface area contributed by atoms with Gasteiger partial charge in [-0.05, 0) is 18.1 Å². The normalized spacial score (nSPS) is 11.7. The first kappa shape index (κ1) is 15.1. The summed E-state index contributed by atoms with van der Waals surface area (Å²) in [7, 11) is -3.33. The van der Waals surface area contributed by atoms with Gasteiger partial charge in [0.15, 0.2) is 0 Å². The first-order valence-corrected chi connectivity index (χ1v) is 7.56. The van der Waals surface area contributed by atoms with Crippen molar-refractivity contribution in [2.75, 3.05) is 19.8 Å². The van der Waals surface area contributed by atoms with E-state index >= 15 is 0 Å². The average Bonchev–Trinajstić information content (AvgIpc) is 2.35. The summed E-state index contributed by atoms with van der Waals surface area (Å²) >= 11 is 0. The van der Waals surface area contributed by atoms with E-state index in [0.29, 0.717) is 26.3 Å².